The molecule has 0 bridgehead atoms. The summed E-state index contributed by atoms with van der Waals surface area (Å²) in [5.41, 5.74) is -0.0532. The van der Waals surface area contributed by atoms with Gasteiger partial charge < -0.3 is 4.74 Å². The van der Waals surface area contributed by atoms with Crippen LogP contribution < -0.4 is 0 Å². The van der Waals surface area contributed by atoms with Crippen molar-refractivity contribution < 1.29 is 9.53 Å². The van der Waals surface area contributed by atoms with Crippen LogP contribution in [-0.2, 0) is 9.53 Å². The molecule has 1 saturated heterocycles. The van der Waals surface area contributed by atoms with Crippen LogP contribution >= 0.6 is 0 Å². The number of cyclic esters (lactones) is 1. The summed E-state index contributed by atoms with van der Waals surface area (Å²) in [6, 6.07) is 0. The maximum absolute atomic E-state index is 11.2. The van der Waals surface area contributed by atoms with Crippen LogP contribution in [0, 0.1) is 11.3 Å². The van der Waals surface area contributed by atoms with Gasteiger partial charge in [-0.15, -0.1) is 0 Å². The summed E-state index contributed by atoms with van der Waals surface area (Å²) in [5.74, 6) is 0.00630. The van der Waals surface area contributed by atoms with E-state index >= 15 is 0 Å². The SMILES string of the molecule is CC=CC(C)(C)C1CCOC1=O. The number of allylic oxidation sites excluding steroid dienone is 2. The number of hydrogen-bond acceptors (Lipinski definition) is 2. The highest BCUT2D eigenvalue weighted by molar-refractivity contribution is 5.75. The molecule has 68 valence electrons. The first-order chi connectivity index (χ1) is 5.58. The lowest BCUT2D eigenvalue weighted by atomic mass is 9.78. The van der Waals surface area contributed by atoms with Gasteiger partial charge in [0.2, 0.25) is 0 Å². The molecule has 12 heavy (non-hydrogen) atoms. The number of ether oxygens (including phenoxy) is 1. The third-order valence-electron chi connectivity index (χ3n) is 2.43. The molecule has 1 heterocycles. The topological polar surface area (TPSA) is 26.3 Å². The highest BCUT2D eigenvalue weighted by Gasteiger charge is 2.37. The molecule has 0 spiro atoms. The Balaban J connectivity index is 2.73. The second-order valence-corrected chi connectivity index (χ2v) is 3.83. The van der Waals surface area contributed by atoms with Crippen molar-refractivity contribution in [3.63, 3.8) is 0 Å². The van der Waals surface area contributed by atoms with Crippen LogP contribution in [0.3, 0.4) is 0 Å². The molecule has 0 aromatic heterocycles. The molecule has 2 heteroatoms. The van der Waals surface area contributed by atoms with Gasteiger partial charge in [-0.1, -0.05) is 26.0 Å². The molecule has 0 aliphatic carbocycles. The lowest BCUT2D eigenvalue weighted by Crippen LogP contribution is -2.25. The molecule has 0 N–H and O–H groups in total. The third kappa shape index (κ3) is 1.68. The smallest absolute Gasteiger partial charge is 0.309 e. The summed E-state index contributed by atoms with van der Waals surface area (Å²) in [6.45, 7) is 6.71. The van der Waals surface area contributed by atoms with E-state index in [2.05, 4.69) is 19.9 Å². The molecule has 1 aliphatic rings. The predicted molar refractivity (Wildman–Crippen MR) is 47.7 cm³/mol. The van der Waals surface area contributed by atoms with Crippen molar-refractivity contribution in [1.29, 1.82) is 0 Å². The average Bonchev–Trinajstić information content (AvgIpc) is 2.35. The van der Waals surface area contributed by atoms with Crippen molar-refractivity contribution in [2.24, 2.45) is 11.3 Å². The maximum Gasteiger partial charge on any atom is 0.309 e. The molecule has 0 radical (unpaired) electrons. The van der Waals surface area contributed by atoms with Crippen LogP contribution in [0.5, 0.6) is 0 Å². The van der Waals surface area contributed by atoms with Gasteiger partial charge in [-0.3, -0.25) is 4.79 Å². The van der Waals surface area contributed by atoms with Crippen molar-refractivity contribution in [2.45, 2.75) is 27.2 Å². The van der Waals surface area contributed by atoms with Crippen molar-refractivity contribution >= 4 is 5.97 Å². The van der Waals surface area contributed by atoms with E-state index in [9.17, 15) is 4.79 Å². The Kier molecular flexibility index (Phi) is 2.55. The molecular weight excluding hydrogens is 152 g/mol. The highest BCUT2D eigenvalue weighted by Crippen LogP contribution is 2.35. The summed E-state index contributed by atoms with van der Waals surface area (Å²) < 4.78 is 4.93. The highest BCUT2D eigenvalue weighted by atomic mass is 16.5. The fourth-order valence-electron chi connectivity index (χ4n) is 1.72. The summed E-state index contributed by atoms with van der Waals surface area (Å²) in [5, 5.41) is 0. The Hall–Kier alpha value is -0.790. The second kappa shape index (κ2) is 3.30. The van der Waals surface area contributed by atoms with E-state index in [0.29, 0.717) is 6.61 Å². The van der Waals surface area contributed by atoms with Crippen LogP contribution in [0.2, 0.25) is 0 Å². The normalized spacial score (nSPS) is 24.9. The molecule has 1 atom stereocenters. The van der Waals surface area contributed by atoms with Crippen molar-refractivity contribution in [3.8, 4) is 0 Å². The number of rotatable bonds is 2. The molecule has 0 aromatic carbocycles. The van der Waals surface area contributed by atoms with Gasteiger partial charge in [-0.05, 0) is 18.8 Å². The van der Waals surface area contributed by atoms with Gasteiger partial charge in [-0.25, -0.2) is 0 Å². The largest absolute Gasteiger partial charge is 0.465 e. The van der Waals surface area contributed by atoms with Crippen molar-refractivity contribution in [2.75, 3.05) is 6.61 Å². The van der Waals surface area contributed by atoms with Gasteiger partial charge in [0.05, 0.1) is 12.5 Å². The standard InChI is InChI=1S/C10H16O2/c1-4-6-10(2,3)8-5-7-12-9(8)11/h4,6,8H,5,7H2,1-3H3. The van der Waals surface area contributed by atoms with Crippen LogP contribution in [0.4, 0.5) is 0 Å². The molecular formula is C10H16O2. The lowest BCUT2D eigenvalue weighted by Gasteiger charge is -2.24. The average molecular weight is 168 g/mol. The second-order valence-electron chi connectivity index (χ2n) is 3.83. The van der Waals surface area contributed by atoms with Gasteiger partial charge in [0, 0.05) is 0 Å². The molecule has 1 fully saturated rings. The van der Waals surface area contributed by atoms with Crippen LogP contribution in [0.15, 0.2) is 12.2 Å². The fourth-order valence-corrected chi connectivity index (χ4v) is 1.72. The quantitative estimate of drug-likeness (QED) is 0.466. The zero-order valence-electron chi connectivity index (χ0n) is 7.96. The molecule has 0 amide bonds. The Morgan fingerprint density at radius 3 is 2.67 bits per heavy atom. The Bertz CT molecular complexity index is 204. The first kappa shape index (κ1) is 9.30. The summed E-state index contributed by atoms with van der Waals surface area (Å²) >= 11 is 0. The van der Waals surface area contributed by atoms with E-state index < -0.39 is 0 Å². The number of carbonyl (C=O) groups excluding carboxylic acids is 1. The molecule has 1 aliphatic heterocycles. The van der Waals surface area contributed by atoms with E-state index in [1.165, 1.54) is 0 Å². The molecule has 2 nitrogen and oxygen atoms in total. The summed E-state index contributed by atoms with van der Waals surface area (Å²) in [4.78, 5) is 11.2. The summed E-state index contributed by atoms with van der Waals surface area (Å²) in [7, 11) is 0. The van der Waals surface area contributed by atoms with E-state index in [4.69, 9.17) is 4.74 Å². The Morgan fingerprint density at radius 2 is 2.25 bits per heavy atom. The molecule has 1 unspecified atom stereocenters. The third-order valence-corrected chi connectivity index (χ3v) is 2.43. The maximum atomic E-state index is 11.2. The first-order valence-electron chi connectivity index (χ1n) is 4.38. The monoisotopic (exact) mass is 168 g/mol. The summed E-state index contributed by atoms with van der Waals surface area (Å²) in [6.07, 6.45) is 4.92. The minimum atomic E-state index is -0.0532. The van der Waals surface area contributed by atoms with E-state index in [0.717, 1.165) is 6.42 Å². The van der Waals surface area contributed by atoms with Gasteiger partial charge >= 0.3 is 5.97 Å². The number of hydrogen-bond donors (Lipinski definition) is 0. The predicted octanol–water partition coefficient (Wildman–Crippen LogP) is 2.15. The minimum absolute atomic E-state index is 0.0434. The number of esters is 1. The fraction of sp³-hybridized carbons (Fsp3) is 0.700. The Morgan fingerprint density at radius 1 is 1.58 bits per heavy atom. The minimum Gasteiger partial charge on any atom is -0.465 e. The zero-order chi connectivity index (χ0) is 9.19. The molecule has 1 rings (SSSR count). The number of carbonyl (C=O) groups is 1. The van der Waals surface area contributed by atoms with Crippen molar-refractivity contribution in [3.05, 3.63) is 12.2 Å². The van der Waals surface area contributed by atoms with Crippen LogP contribution in [0.1, 0.15) is 27.2 Å². The van der Waals surface area contributed by atoms with Gasteiger partial charge in [0.1, 0.15) is 0 Å². The first-order valence-corrected chi connectivity index (χ1v) is 4.38. The Labute approximate surface area is 73.6 Å². The van der Waals surface area contributed by atoms with E-state index in [1.807, 2.05) is 13.0 Å². The molecule has 0 saturated carbocycles. The molecule has 0 aromatic rings. The van der Waals surface area contributed by atoms with Crippen molar-refractivity contribution in [1.82, 2.24) is 0 Å². The van der Waals surface area contributed by atoms with Gasteiger partial charge in [0.15, 0.2) is 0 Å². The van der Waals surface area contributed by atoms with Gasteiger partial charge in [-0.2, -0.15) is 0 Å². The van der Waals surface area contributed by atoms with Gasteiger partial charge in [0.25, 0.3) is 0 Å². The van der Waals surface area contributed by atoms with E-state index in [-0.39, 0.29) is 17.3 Å². The van der Waals surface area contributed by atoms with Crippen LogP contribution in [0.25, 0.3) is 0 Å². The lowest BCUT2D eigenvalue weighted by molar-refractivity contribution is -0.143. The zero-order valence-corrected chi connectivity index (χ0v) is 7.96. The van der Waals surface area contributed by atoms with E-state index in [1.54, 1.807) is 0 Å². The van der Waals surface area contributed by atoms with Crippen LogP contribution in [-0.4, -0.2) is 12.6 Å².